The number of carbonyl (C=O) groups is 2. The zero-order valence-electron chi connectivity index (χ0n) is 16.2. The van der Waals surface area contributed by atoms with E-state index in [2.05, 4.69) is 67.9 Å². The molecule has 1 aromatic rings. The van der Waals surface area contributed by atoms with E-state index in [0.29, 0.717) is 18.4 Å². The molecule has 0 aliphatic rings. The van der Waals surface area contributed by atoms with E-state index in [9.17, 15) is 9.59 Å². The maximum absolute atomic E-state index is 11.9. The number of amides is 2. The molecular weight excluding hydrogens is 314 g/mol. The molecule has 0 radical (unpaired) electrons. The molecule has 0 unspecified atom stereocenters. The fraction of sp³-hybridized carbons (Fsp3) is 0.600. The van der Waals surface area contributed by atoms with Crippen LogP contribution >= 0.6 is 0 Å². The van der Waals surface area contributed by atoms with Crippen LogP contribution in [0.2, 0.25) is 0 Å². The van der Waals surface area contributed by atoms with Crippen LogP contribution in [0.25, 0.3) is 0 Å². The predicted octanol–water partition coefficient (Wildman–Crippen LogP) is 2.74. The first-order valence-corrected chi connectivity index (χ1v) is 9.25. The summed E-state index contributed by atoms with van der Waals surface area (Å²) in [5.74, 6) is 0.565. The quantitative estimate of drug-likeness (QED) is 0.609. The summed E-state index contributed by atoms with van der Waals surface area (Å²) in [5.41, 5.74) is 2.52. The predicted molar refractivity (Wildman–Crippen MR) is 102 cm³/mol. The normalized spacial score (nSPS) is 13.4. The SMILES string of the molecule is CCNC(=O)CNC(=O)CN[C@@H](c1ccc([C@H](C)CC)cc1)C(C)C. The summed E-state index contributed by atoms with van der Waals surface area (Å²) in [6.07, 6.45) is 1.12. The Kier molecular flexibility index (Phi) is 9.21. The van der Waals surface area contributed by atoms with Gasteiger partial charge in [-0.2, -0.15) is 0 Å². The largest absolute Gasteiger partial charge is 0.355 e. The monoisotopic (exact) mass is 347 g/mol. The Morgan fingerprint density at radius 1 is 0.880 bits per heavy atom. The van der Waals surface area contributed by atoms with E-state index in [4.69, 9.17) is 0 Å². The Morgan fingerprint density at radius 2 is 1.44 bits per heavy atom. The van der Waals surface area contributed by atoms with Crippen molar-refractivity contribution in [3.8, 4) is 0 Å². The van der Waals surface area contributed by atoms with E-state index in [1.807, 2.05) is 6.92 Å². The summed E-state index contributed by atoms with van der Waals surface area (Å²) >= 11 is 0. The third-order valence-electron chi connectivity index (χ3n) is 4.45. The lowest BCUT2D eigenvalue weighted by Gasteiger charge is -2.23. The molecule has 0 aromatic heterocycles. The van der Waals surface area contributed by atoms with Crippen LogP contribution in [0.4, 0.5) is 0 Å². The van der Waals surface area contributed by atoms with Crippen LogP contribution in [-0.4, -0.2) is 31.4 Å². The van der Waals surface area contributed by atoms with Gasteiger partial charge in [-0.05, 0) is 36.3 Å². The minimum Gasteiger partial charge on any atom is -0.355 e. The molecule has 0 saturated heterocycles. The van der Waals surface area contributed by atoms with Gasteiger partial charge in [0.1, 0.15) is 0 Å². The van der Waals surface area contributed by atoms with E-state index in [1.54, 1.807) is 0 Å². The smallest absolute Gasteiger partial charge is 0.239 e. The van der Waals surface area contributed by atoms with Crippen molar-refractivity contribution in [1.82, 2.24) is 16.0 Å². The second-order valence-corrected chi connectivity index (χ2v) is 6.81. The van der Waals surface area contributed by atoms with Gasteiger partial charge >= 0.3 is 0 Å². The highest BCUT2D eigenvalue weighted by Crippen LogP contribution is 2.25. The third kappa shape index (κ3) is 7.26. The van der Waals surface area contributed by atoms with E-state index in [1.165, 1.54) is 11.1 Å². The number of likely N-dealkylation sites (N-methyl/N-ethyl adjacent to an activating group) is 1. The molecule has 0 heterocycles. The van der Waals surface area contributed by atoms with Crippen LogP contribution in [0, 0.1) is 5.92 Å². The van der Waals surface area contributed by atoms with Gasteiger partial charge in [0.25, 0.3) is 0 Å². The molecule has 1 rings (SSSR count). The van der Waals surface area contributed by atoms with E-state index >= 15 is 0 Å². The lowest BCUT2D eigenvalue weighted by molar-refractivity contribution is -0.125. The summed E-state index contributed by atoms with van der Waals surface area (Å²) < 4.78 is 0. The van der Waals surface area contributed by atoms with Gasteiger partial charge in [-0.15, -0.1) is 0 Å². The summed E-state index contributed by atoms with van der Waals surface area (Å²) in [6, 6.07) is 8.74. The van der Waals surface area contributed by atoms with Crippen LogP contribution in [0.15, 0.2) is 24.3 Å². The van der Waals surface area contributed by atoms with Gasteiger partial charge in [-0.3, -0.25) is 9.59 Å². The molecule has 0 fully saturated rings. The van der Waals surface area contributed by atoms with Crippen molar-refractivity contribution in [2.75, 3.05) is 19.6 Å². The number of hydrogen-bond acceptors (Lipinski definition) is 3. The van der Waals surface area contributed by atoms with Crippen molar-refractivity contribution in [3.63, 3.8) is 0 Å². The number of nitrogens with one attached hydrogen (secondary N) is 3. The molecular formula is C20H33N3O2. The summed E-state index contributed by atoms with van der Waals surface area (Å²) in [6.45, 7) is 11.3. The van der Waals surface area contributed by atoms with Crippen LogP contribution in [-0.2, 0) is 9.59 Å². The van der Waals surface area contributed by atoms with E-state index in [0.717, 1.165) is 6.42 Å². The van der Waals surface area contributed by atoms with Gasteiger partial charge in [0, 0.05) is 12.6 Å². The molecule has 0 spiro atoms. The molecule has 0 aliphatic carbocycles. The van der Waals surface area contributed by atoms with Crippen molar-refractivity contribution in [1.29, 1.82) is 0 Å². The molecule has 2 amide bonds. The number of rotatable bonds is 10. The lowest BCUT2D eigenvalue weighted by Crippen LogP contribution is -2.42. The first kappa shape index (κ1) is 21.2. The zero-order chi connectivity index (χ0) is 18.8. The molecule has 1 aromatic carbocycles. The van der Waals surface area contributed by atoms with Gasteiger partial charge < -0.3 is 16.0 Å². The van der Waals surface area contributed by atoms with Gasteiger partial charge in [0.2, 0.25) is 11.8 Å². The highest BCUT2D eigenvalue weighted by Gasteiger charge is 2.17. The van der Waals surface area contributed by atoms with Crippen LogP contribution in [0.3, 0.4) is 0 Å². The highest BCUT2D eigenvalue weighted by atomic mass is 16.2. The van der Waals surface area contributed by atoms with Crippen LogP contribution in [0.5, 0.6) is 0 Å². The van der Waals surface area contributed by atoms with Gasteiger partial charge in [-0.1, -0.05) is 52.0 Å². The van der Waals surface area contributed by atoms with Crippen molar-refractivity contribution >= 4 is 11.8 Å². The molecule has 3 N–H and O–H groups in total. The van der Waals surface area contributed by atoms with Gasteiger partial charge in [0.15, 0.2) is 0 Å². The third-order valence-corrected chi connectivity index (χ3v) is 4.45. The Balaban J connectivity index is 2.59. The number of hydrogen-bond donors (Lipinski definition) is 3. The summed E-state index contributed by atoms with van der Waals surface area (Å²) in [5, 5.41) is 8.60. The molecule has 25 heavy (non-hydrogen) atoms. The first-order valence-electron chi connectivity index (χ1n) is 9.25. The van der Waals surface area contributed by atoms with Crippen molar-refractivity contribution < 1.29 is 9.59 Å². The Hall–Kier alpha value is -1.88. The maximum atomic E-state index is 11.9. The average molecular weight is 348 g/mol. The molecule has 5 nitrogen and oxygen atoms in total. The molecule has 140 valence electrons. The fourth-order valence-corrected chi connectivity index (χ4v) is 2.71. The highest BCUT2D eigenvalue weighted by molar-refractivity contribution is 5.85. The molecule has 0 saturated carbocycles. The second kappa shape index (κ2) is 10.9. The second-order valence-electron chi connectivity index (χ2n) is 6.81. The van der Waals surface area contributed by atoms with Crippen LogP contribution in [0.1, 0.15) is 64.1 Å². The summed E-state index contributed by atoms with van der Waals surface area (Å²) in [7, 11) is 0. The van der Waals surface area contributed by atoms with Crippen molar-refractivity contribution in [2.24, 2.45) is 5.92 Å². The Morgan fingerprint density at radius 3 is 1.96 bits per heavy atom. The topological polar surface area (TPSA) is 70.2 Å². The minimum atomic E-state index is -0.173. The molecule has 0 bridgehead atoms. The Bertz CT molecular complexity index is 540. The van der Waals surface area contributed by atoms with E-state index < -0.39 is 0 Å². The maximum Gasteiger partial charge on any atom is 0.239 e. The zero-order valence-corrected chi connectivity index (χ0v) is 16.2. The van der Waals surface area contributed by atoms with Crippen LogP contribution < -0.4 is 16.0 Å². The average Bonchev–Trinajstić information content (AvgIpc) is 2.60. The molecule has 2 atom stereocenters. The molecule has 5 heteroatoms. The van der Waals surface area contributed by atoms with Crippen molar-refractivity contribution in [2.45, 2.75) is 53.0 Å². The number of benzene rings is 1. The minimum absolute atomic E-state index is 0.0182. The van der Waals surface area contributed by atoms with Gasteiger partial charge in [-0.25, -0.2) is 0 Å². The lowest BCUT2D eigenvalue weighted by atomic mass is 9.92. The van der Waals surface area contributed by atoms with Gasteiger partial charge in [0.05, 0.1) is 13.1 Å². The standard InChI is InChI=1S/C20H33N3O2/c1-6-15(5)16-8-10-17(11-9-16)20(14(3)4)23-13-19(25)22-12-18(24)21-7-2/h8-11,14-15,20,23H,6-7,12-13H2,1-5H3,(H,21,24)(H,22,25)/t15-,20-/m1/s1. The molecule has 0 aliphatic heterocycles. The fourth-order valence-electron chi connectivity index (χ4n) is 2.71. The van der Waals surface area contributed by atoms with Crippen molar-refractivity contribution in [3.05, 3.63) is 35.4 Å². The Labute approximate surface area is 152 Å². The number of carbonyl (C=O) groups excluding carboxylic acids is 2. The summed E-state index contributed by atoms with van der Waals surface area (Å²) in [4.78, 5) is 23.3. The first-order chi connectivity index (χ1) is 11.9. The van der Waals surface area contributed by atoms with E-state index in [-0.39, 0.29) is 30.9 Å².